The number of phenols is 1. The third-order valence-electron chi connectivity index (χ3n) is 3.39. The van der Waals surface area contributed by atoms with Gasteiger partial charge in [0.25, 0.3) is 0 Å². The smallest absolute Gasteiger partial charge is 0.187 e. The number of benzene rings is 2. The lowest BCUT2D eigenvalue weighted by molar-refractivity contribution is 0.467. The SMILES string of the molecule is Cc1cc(Nc2nc(-c3ccc(Cl)cc3)cs2)cc(C)c1O. The molecule has 0 aliphatic carbocycles. The molecule has 2 N–H and O–H groups in total. The van der Waals surface area contributed by atoms with Crippen LogP contribution in [0.3, 0.4) is 0 Å². The fraction of sp³-hybridized carbons (Fsp3) is 0.118. The van der Waals surface area contributed by atoms with Crippen molar-refractivity contribution in [1.82, 2.24) is 4.98 Å². The first-order valence-electron chi connectivity index (χ1n) is 6.81. The van der Waals surface area contributed by atoms with E-state index in [9.17, 15) is 5.11 Å². The number of thiazole rings is 1. The molecule has 112 valence electrons. The molecule has 3 aromatic rings. The molecular formula is C17H15ClN2OS. The molecule has 0 saturated heterocycles. The Labute approximate surface area is 138 Å². The van der Waals surface area contributed by atoms with Gasteiger partial charge in [-0.2, -0.15) is 0 Å². The average Bonchev–Trinajstić information content (AvgIpc) is 2.94. The van der Waals surface area contributed by atoms with E-state index in [2.05, 4.69) is 10.3 Å². The summed E-state index contributed by atoms with van der Waals surface area (Å²) in [6.45, 7) is 3.77. The zero-order chi connectivity index (χ0) is 15.7. The minimum Gasteiger partial charge on any atom is -0.507 e. The number of hydrogen-bond acceptors (Lipinski definition) is 4. The third kappa shape index (κ3) is 3.08. The molecule has 0 aliphatic heterocycles. The molecule has 1 aromatic heterocycles. The van der Waals surface area contributed by atoms with Crippen molar-refractivity contribution >= 4 is 33.8 Å². The number of nitrogens with one attached hydrogen (secondary N) is 1. The molecule has 1 heterocycles. The van der Waals surface area contributed by atoms with Crippen molar-refractivity contribution in [2.75, 3.05) is 5.32 Å². The highest BCUT2D eigenvalue weighted by Crippen LogP contribution is 2.31. The molecule has 0 spiro atoms. The Morgan fingerprint density at radius 2 is 1.73 bits per heavy atom. The van der Waals surface area contributed by atoms with Crippen LogP contribution in [0.15, 0.2) is 41.8 Å². The molecule has 0 aliphatic rings. The molecule has 22 heavy (non-hydrogen) atoms. The summed E-state index contributed by atoms with van der Waals surface area (Å²) in [5.74, 6) is 0.339. The monoisotopic (exact) mass is 330 g/mol. The fourth-order valence-corrected chi connectivity index (χ4v) is 3.10. The van der Waals surface area contributed by atoms with E-state index in [4.69, 9.17) is 11.6 Å². The zero-order valence-electron chi connectivity index (χ0n) is 12.2. The summed E-state index contributed by atoms with van der Waals surface area (Å²) in [6, 6.07) is 11.4. The van der Waals surface area contributed by atoms with E-state index >= 15 is 0 Å². The van der Waals surface area contributed by atoms with E-state index in [0.29, 0.717) is 10.8 Å². The predicted octanol–water partition coefficient (Wildman–Crippen LogP) is 5.53. The Balaban J connectivity index is 1.84. The van der Waals surface area contributed by atoms with Crippen LogP contribution in [0, 0.1) is 13.8 Å². The van der Waals surface area contributed by atoms with E-state index < -0.39 is 0 Å². The molecule has 0 fully saturated rings. The van der Waals surface area contributed by atoms with Crippen LogP contribution in [0.5, 0.6) is 5.75 Å². The van der Waals surface area contributed by atoms with Crippen molar-refractivity contribution in [3.8, 4) is 17.0 Å². The van der Waals surface area contributed by atoms with Crippen molar-refractivity contribution < 1.29 is 5.11 Å². The Hall–Kier alpha value is -2.04. The topological polar surface area (TPSA) is 45.2 Å². The van der Waals surface area contributed by atoms with Crippen LogP contribution in [0.2, 0.25) is 5.02 Å². The summed E-state index contributed by atoms with van der Waals surface area (Å²) in [4.78, 5) is 4.59. The molecule has 0 radical (unpaired) electrons. The van der Waals surface area contributed by atoms with Gasteiger partial charge in [0.15, 0.2) is 5.13 Å². The highest BCUT2D eigenvalue weighted by molar-refractivity contribution is 7.14. The number of hydrogen-bond donors (Lipinski definition) is 2. The quantitative estimate of drug-likeness (QED) is 0.621. The second-order valence-electron chi connectivity index (χ2n) is 5.13. The summed E-state index contributed by atoms with van der Waals surface area (Å²) in [6.07, 6.45) is 0. The number of halogens is 1. The van der Waals surface area contributed by atoms with Gasteiger partial charge in [-0.25, -0.2) is 4.98 Å². The largest absolute Gasteiger partial charge is 0.507 e. The van der Waals surface area contributed by atoms with Gasteiger partial charge in [0.05, 0.1) is 5.69 Å². The van der Waals surface area contributed by atoms with E-state index in [1.165, 1.54) is 0 Å². The summed E-state index contributed by atoms with van der Waals surface area (Å²) in [5.41, 5.74) is 4.56. The molecular weight excluding hydrogens is 316 g/mol. The van der Waals surface area contributed by atoms with Crippen LogP contribution in [0.25, 0.3) is 11.3 Å². The molecule has 3 rings (SSSR count). The van der Waals surface area contributed by atoms with Crippen molar-refractivity contribution in [1.29, 1.82) is 0 Å². The van der Waals surface area contributed by atoms with Crippen molar-refractivity contribution in [2.24, 2.45) is 0 Å². The minimum absolute atomic E-state index is 0.339. The first-order valence-corrected chi connectivity index (χ1v) is 8.07. The van der Waals surface area contributed by atoms with Crippen LogP contribution in [-0.4, -0.2) is 10.1 Å². The number of aromatic nitrogens is 1. The predicted molar refractivity (Wildman–Crippen MR) is 93.4 cm³/mol. The summed E-state index contributed by atoms with van der Waals surface area (Å²) < 4.78 is 0. The van der Waals surface area contributed by atoms with Crippen molar-refractivity contribution in [3.05, 3.63) is 57.9 Å². The van der Waals surface area contributed by atoms with Gasteiger partial charge in [-0.3, -0.25) is 0 Å². The van der Waals surface area contributed by atoms with E-state index in [0.717, 1.165) is 33.2 Å². The van der Waals surface area contributed by atoms with Crippen molar-refractivity contribution in [3.63, 3.8) is 0 Å². The number of rotatable bonds is 3. The number of nitrogens with zero attached hydrogens (tertiary/aromatic N) is 1. The highest BCUT2D eigenvalue weighted by Gasteiger charge is 2.07. The number of anilines is 2. The first-order chi connectivity index (χ1) is 10.5. The van der Waals surface area contributed by atoms with E-state index in [1.54, 1.807) is 11.3 Å². The Bertz CT molecular complexity index is 789. The van der Waals surface area contributed by atoms with Crippen LogP contribution >= 0.6 is 22.9 Å². The van der Waals surface area contributed by atoms with Gasteiger partial charge in [0.1, 0.15) is 5.75 Å². The second-order valence-corrected chi connectivity index (χ2v) is 6.42. The standard InChI is InChI=1S/C17H15ClN2OS/c1-10-7-14(8-11(2)16(10)21)19-17-20-15(9-22-17)12-3-5-13(18)6-4-12/h3-9,21H,1-2H3,(H,19,20). The van der Waals surface area contributed by atoms with Crippen LogP contribution in [-0.2, 0) is 0 Å². The van der Waals surface area contributed by atoms with Gasteiger partial charge in [-0.1, -0.05) is 23.7 Å². The van der Waals surface area contributed by atoms with Crippen LogP contribution < -0.4 is 5.32 Å². The van der Waals surface area contributed by atoms with Gasteiger partial charge in [0.2, 0.25) is 0 Å². The summed E-state index contributed by atoms with van der Waals surface area (Å²) in [7, 11) is 0. The molecule has 0 saturated carbocycles. The Morgan fingerprint density at radius 3 is 2.36 bits per heavy atom. The van der Waals surface area contributed by atoms with Crippen LogP contribution in [0.1, 0.15) is 11.1 Å². The molecule has 5 heteroatoms. The Kier molecular flexibility index (Phi) is 4.05. The molecule has 0 atom stereocenters. The minimum atomic E-state index is 0.339. The molecule has 2 aromatic carbocycles. The normalized spacial score (nSPS) is 10.7. The lowest BCUT2D eigenvalue weighted by Crippen LogP contribution is -1.92. The maximum Gasteiger partial charge on any atom is 0.187 e. The molecule has 0 amide bonds. The molecule has 0 unspecified atom stereocenters. The average molecular weight is 331 g/mol. The van der Waals surface area contributed by atoms with Gasteiger partial charge in [0, 0.05) is 21.7 Å². The van der Waals surface area contributed by atoms with Crippen molar-refractivity contribution in [2.45, 2.75) is 13.8 Å². The number of phenolic OH excluding ortho intramolecular Hbond substituents is 1. The van der Waals surface area contributed by atoms with Gasteiger partial charge in [-0.15, -0.1) is 11.3 Å². The molecule has 0 bridgehead atoms. The summed E-state index contributed by atoms with van der Waals surface area (Å²) in [5, 5.41) is 16.6. The van der Waals surface area contributed by atoms with Gasteiger partial charge in [-0.05, 0) is 49.2 Å². The third-order valence-corrected chi connectivity index (χ3v) is 4.40. The lowest BCUT2D eigenvalue weighted by atomic mass is 10.1. The first kappa shape index (κ1) is 14.9. The van der Waals surface area contributed by atoms with E-state index in [-0.39, 0.29) is 0 Å². The lowest BCUT2D eigenvalue weighted by Gasteiger charge is -2.08. The maximum atomic E-state index is 9.82. The zero-order valence-corrected chi connectivity index (χ0v) is 13.8. The highest BCUT2D eigenvalue weighted by atomic mass is 35.5. The van der Waals surface area contributed by atoms with Gasteiger partial charge >= 0.3 is 0 Å². The van der Waals surface area contributed by atoms with E-state index in [1.807, 2.05) is 55.6 Å². The molecule has 3 nitrogen and oxygen atoms in total. The maximum absolute atomic E-state index is 9.82. The van der Waals surface area contributed by atoms with Gasteiger partial charge < -0.3 is 10.4 Å². The summed E-state index contributed by atoms with van der Waals surface area (Å²) >= 11 is 7.45. The number of aryl methyl sites for hydroxylation is 2. The van der Waals surface area contributed by atoms with Crippen LogP contribution in [0.4, 0.5) is 10.8 Å². The Morgan fingerprint density at radius 1 is 1.09 bits per heavy atom. The fourth-order valence-electron chi connectivity index (χ4n) is 2.24. The second kappa shape index (κ2) is 5.99. The number of aromatic hydroxyl groups is 1.